The molecule has 0 aromatic carbocycles. The van der Waals surface area contributed by atoms with Gasteiger partial charge in [-0.3, -0.25) is 5.32 Å². The van der Waals surface area contributed by atoms with E-state index < -0.39 is 0 Å². The molecule has 6 nitrogen and oxygen atoms in total. The van der Waals surface area contributed by atoms with Crippen molar-refractivity contribution < 1.29 is 14.4 Å². The zero-order valence-corrected chi connectivity index (χ0v) is 13.0. The first kappa shape index (κ1) is 15.8. The molecule has 1 heterocycles. The molecule has 2 rings (SSSR count). The summed E-state index contributed by atoms with van der Waals surface area (Å²) in [6.07, 6.45) is 4.06. The highest BCUT2D eigenvalue weighted by molar-refractivity contribution is 5.88. The fraction of sp³-hybridized carbons (Fsp3) is 0.733. The number of aliphatic hydroxyl groups is 1. The van der Waals surface area contributed by atoms with Crippen molar-refractivity contribution in [3.05, 3.63) is 11.8 Å². The van der Waals surface area contributed by atoms with Crippen molar-refractivity contribution in [1.82, 2.24) is 10.5 Å². The van der Waals surface area contributed by atoms with Crippen LogP contribution < -0.4 is 10.6 Å². The molecule has 3 N–H and O–H groups in total. The Balaban J connectivity index is 1.91. The molecule has 1 aliphatic rings. The van der Waals surface area contributed by atoms with Crippen molar-refractivity contribution in [2.75, 3.05) is 11.9 Å². The summed E-state index contributed by atoms with van der Waals surface area (Å²) in [6.45, 7) is 6.17. The van der Waals surface area contributed by atoms with E-state index in [1.807, 2.05) is 20.8 Å². The molecule has 0 aliphatic heterocycles. The SMILES string of the molecule is CC(C)(C)c1cc(NC(=O)N[C@H]2CCCC[C@@H]2CO)no1. The van der Waals surface area contributed by atoms with Gasteiger partial charge in [-0.25, -0.2) is 4.79 Å². The molecule has 0 saturated heterocycles. The number of amides is 2. The van der Waals surface area contributed by atoms with Crippen LogP contribution in [-0.2, 0) is 5.41 Å². The quantitative estimate of drug-likeness (QED) is 0.800. The summed E-state index contributed by atoms with van der Waals surface area (Å²) < 4.78 is 5.23. The van der Waals surface area contributed by atoms with E-state index in [-0.39, 0.29) is 30.0 Å². The molecule has 6 heteroatoms. The van der Waals surface area contributed by atoms with E-state index in [4.69, 9.17) is 4.52 Å². The first-order valence-corrected chi connectivity index (χ1v) is 7.55. The molecule has 0 bridgehead atoms. The number of rotatable bonds is 3. The van der Waals surface area contributed by atoms with Gasteiger partial charge in [-0.1, -0.05) is 38.8 Å². The maximum absolute atomic E-state index is 12.0. The van der Waals surface area contributed by atoms with Crippen molar-refractivity contribution in [2.24, 2.45) is 5.92 Å². The van der Waals surface area contributed by atoms with Crippen molar-refractivity contribution in [3.8, 4) is 0 Å². The van der Waals surface area contributed by atoms with Crippen LogP contribution >= 0.6 is 0 Å². The normalized spacial score (nSPS) is 22.9. The lowest BCUT2D eigenvalue weighted by molar-refractivity contribution is 0.156. The second kappa shape index (κ2) is 6.47. The van der Waals surface area contributed by atoms with Crippen LogP contribution in [0, 0.1) is 5.92 Å². The van der Waals surface area contributed by atoms with Gasteiger partial charge in [0.25, 0.3) is 0 Å². The first-order chi connectivity index (χ1) is 9.90. The zero-order valence-electron chi connectivity index (χ0n) is 13.0. The monoisotopic (exact) mass is 295 g/mol. The topological polar surface area (TPSA) is 87.4 Å². The van der Waals surface area contributed by atoms with Gasteiger partial charge in [0, 0.05) is 30.0 Å². The van der Waals surface area contributed by atoms with Crippen LogP contribution in [0.5, 0.6) is 0 Å². The third-order valence-electron chi connectivity index (χ3n) is 3.95. The number of hydrogen-bond acceptors (Lipinski definition) is 4. The number of aliphatic hydroxyl groups excluding tert-OH is 1. The Morgan fingerprint density at radius 2 is 2.14 bits per heavy atom. The fourth-order valence-corrected chi connectivity index (χ4v) is 2.62. The van der Waals surface area contributed by atoms with Gasteiger partial charge < -0.3 is 14.9 Å². The molecule has 1 saturated carbocycles. The Hall–Kier alpha value is -1.56. The lowest BCUT2D eigenvalue weighted by Gasteiger charge is -2.30. The van der Waals surface area contributed by atoms with E-state index in [1.54, 1.807) is 6.07 Å². The molecule has 0 unspecified atom stereocenters. The molecule has 2 amide bonds. The summed E-state index contributed by atoms with van der Waals surface area (Å²) in [7, 11) is 0. The summed E-state index contributed by atoms with van der Waals surface area (Å²) in [4.78, 5) is 12.0. The summed E-state index contributed by atoms with van der Waals surface area (Å²) >= 11 is 0. The second-order valence-electron chi connectivity index (χ2n) is 6.76. The van der Waals surface area contributed by atoms with E-state index in [0.29, 0.717) is 5.82 Å². The lowest BCUT2D eigenvalue weighted by atomic mass is 9.85. The Morgan fingerprint density at radius 3 is 2.76 bits per heavy atom. The maximum Gasteiger partial charge on any atom is 0.320 e. The first-order valence-electron chi connectivity index (χ1n) is 7.55. The van der Waals surface area contributed by atoms with E-state index in [1.165, 1.54) is 0 Å². The second-order valence-corrected chi connectivity index (χ2v) is 6.76. The van der Waals surface area contributed by atoms with Crippen LogP contribution in [0.1, 0.15) is 52.2 Å². The van der Waals surface area contributed by atoms with Crippen LogP contribution in [0.4, 0.5) is 10.6 Å². The number of urea groups is 1. The Labute approximate surface area is 125 Å². The minimum atomic E-state index is -0.297. The van der Waals surface area contributed by atoms with Crippen molar-refractivity contribution >= 4 is 11.8 Å². The molecule has 1 fully saturated rings. The fourth-order valence-electron chi connectivity index (χ4n) is 2.62. The van der Waals surface area contributed by atoms with Crippen molar-refractivity contribution in [2.45, 2.75) is 57.9 Å². The largest absolute Gasteiger partial charge is 0.396 e. The highest BCUT2D eigenvalue weighted by Crippen LogP contribution is 2.25. The number of nitrogens with one attached hydrogen (secondary N) is 2. The molecule has 1 aliphatic carbocycles. The molecule has 0 radical (unpaired) electrons. The summed E-state index contributed by atoms with van der Waals surface area (Å²) in [5.41, 5.74) is -0.144. The lowest BCUT2D eigenvalue weighted by Crippen LogP contribution is -2.45. The molecule has 0 spiro atoms. The van der Waals surface area contributed by atoms with Crippen molar-refractivity contribution in [3.63, 3.8) is 0 Å². The average molecular weight is 295 g/mol. The standard InChI is InChI=1S/C15H25N3O3/c1-15(2,3)12-8-13(18-21-12)17-14(20)16-11-7-5-4-6-10(11)9-19/h8,10-11,19H,4-7,9H2,1-3H3,(H2,16,17,18,20)/t10-,11+/m1/s1. The van der Waals surface area contributed by atoms with Gasteiger partial charge in [-0.2, -0.15) is 0 Å². The van der Waals surface area contributed by atoms with Crippen LogP contribution in [0.2, 0.25) is 0 Å². The zero-order chi connectivity index (χ0) is 15.5. The van der Waals surface area contributed by atoms with Gasteiger partial charge >= 0.3 is 6.03 Å². The maximum atomic E-state index is 12.0. The minimum absolute atomic E-state index is 0.0257. The number of aromatic nitrogens is 1. The highest BCUT2D eigenvalue weighted by Gasteiger charge is 2.26. The van der Waals surface area contributed by atoms with Crippen LogP contribution in [-0.4, -0.2) is 28.9 Å². The van der Waals surface area contributed by atoms with Crippen LogP contribution in [0.15, 0.2) is 10.6 Å². The smallest absolute Gasteiger partial charge is 0.320 e. The van der Waals surface area contributed by atoms with E-state index in [9.17, 15) is 9.90 Å². The van der Waals surface area contributed by atoms with Crippen LogP contribution in [0.3, 0.4) is 0 Å². The van der Waals surface area contributed by atoms with E-state index in [2.05, 4.69) is 15.8 Å². The van der Waals surface area contributed by atoms with Gasteiger partial charge in [0.15, 0.2) is 5.82 Å². The molecular formula is C15H25N3O3. The third kappa shape index (κ3) is 4.20. The summed E-state index contributed by atoms with van der Waals surface area (Å²) in [5.74, 6) is 1.28. The van der Waals surface area contributed by atoms with Gasteiger partial charge in [-0.05, 0) is 12.8 Å². The van der Waals surface area contributed by atoms with Gasteiger partial charge in [0.2, 0.25) is 0 Å². The van der Waals surface area contributed by atoms with E-state index >= 15 is 0 Å². The Bertz CT molecular complexity index is 479. The number of hydrogen-bond donors (Lipinski definition) is 3. The number of anilines is 1. The van der Waals surface area contributed by atoms with Crippen molar-refractivity contribution in [1.29, 1.82) is 0 Å². The number of nitrogens with zero attached hydrogens (tertiary/aromatic N) is 1. The average Bonchev–Trinajstić information content (AvgIpc) is 2.87. The Kier molecular flexibility index (Phi) is 4.88. The third-order valence-corrected chi connectivity index (χ3v) is 3.95. The molecule has 1 aromatic heterocycles. The molecular weight excluding hydrogens is 270 g/mol. The molecule has 21 heavy (non-hydrogen) atoms. The number of carbonyl (C=O) groups excluding carboxylic acids is 1. The highest BCUT2D eigenvalue weighted by atomic mass is 16.5. The summed E-state index contributed by atoms with van der Waals surface area (Å²) in [6, 6.07) is 1.47. The Morgan fingerprint density at radius 1 is 1.43 bits per heavy atom. The van der Waals surface area contributed by atoms with Gasteiger partial charge in [0.1, 0.15) is 5.76 Å². The van der Waals surface area contributed by atoms with Gasteiger partial charge in [0.05, 0.1) is 0 Å². The predicted octanol–water partition coefficient (Wildman–Crippen LogP) is 2.64. The van der Waals surface area contributed by atoms with Gasteiger partial charge in [-0.15, -0.1) is 0 Å². The van der Waals surface area contributed by atoms with E-state index in [0.717, 1.165) is 31.4 Å². The minimum Gasteiger partial charge on any atom is -0.396 e. The molecule has 118 valence electrons. The van der Waals surface area contributed by atoms with Crippen LogP contribution in [0.25, 0.3) is 0 Å². The predicted molar refractivity (Wildman–Crippen MR) is 80.2 cm³/mol. The molecule has 1 aromatic rings. The molecule has 2 atom stereocenters. The summed E-state index contributed by atoms with van der Waals surface area (Å²) in [5, 5.41) is 18.8. The number of carbonyl (C=O) groups is 1.